The highest BCUT2D eigenvalue weighted by atomic mass is 32.2. The second-order valence-corrected chi connectivity index (χ2v) is 8.46. The first-order valence-electron chi connectivity index (χ1n) is 5.45. The number of sulfonamides is 2. The van der Waals surface area contributed by atoms with E-state index >= 15 is 0 Å². The summed E-state index contributed by atoms with van der Waals surface area (Å²) in [4.78, 5) is 12.7. The molecule has 0 saturated heterocycles. The minimum absolute atomic E-state index is 0.172. The Hall–Kier alpha value is -1.69. The van der Waals surface area contributed by atoms with E-state index < -0.39 is 24.9 Å². The number of thiazole rings is 1. The zero-order valence-electron chi connectivity index (χ0n) is 10.7. The van der Waals surface area contributed by atoms with Gasteiger partial charge in [0.2, 0.25) is 10.0 Å². The van der Waals surface area contributed by atoms with E-state index in [1.165, 1.54) is 31.2 Å². The number of nitrogens with one attached hydrogen (secondary N) is 2. The summed E-state index contributed by atoms with van der Waals surface area (Å²) in [5, 5.41) is 5.03. The van der Waals surface area contributed by atoms with E-state index in [-0.39, 0.29) is 20.5 Å². The number of aryl methyl sites for hydroxylation is 1. The van der Waals surface area contributed by atoms with Gasteiger partial charge in [-0.05, 0) is 19.1 Å². The molecule has 0 fully saturated rings. The molecule has 0 amide bonds. The number of primary sulfonamides is 1. The topological polar surface area (TPSA) is 139 Å². The number of nitrogens with two attached hydrogens (primary N) is 1. The van der Waals surface area contributed by atoms with Crippen LogP contribution >= 0.6 is 11.3 Å². The van der Waals surface area contributed by atoms with Crippen molar-refractivity contribution in [1.82, 2.24) is 4.98 Å². The first-order chi connectivity index (χ1) is 9.61. The van der Waals surface area contributed by atoms with Crippen molar-refractivity contribution in [3.05, 3.63) is 39.6 Å². The van der Waals surface area contributed by atoms with Gasteiger partial charge in [0, 0.05) is 5.69 Å². The number of aromatic amines is 1. The van der Waals surface area contributed by atoms with Crippen LogP contribution in [0.25, 0.3) is 0 Å². The third-order valence-electron chi connectivity index (χ3n) is 2.46. The first kappa shape index (κ1) is 15.7. The molecule has 0 aliphatic carbocycles. The number of hydrogen-bond acceptors (Lipinski definition) is 6. The van der Waals surface area contributed by atoms with Gasteiger partial charge in [0.25, 0.3) is 10.0 Å². The molecular formula is C10H11N3O5S3. The number of hydrogen-bond donors (Lipinski definition) is 3. The van der Waals surface area contributed by atoms with E-state index in [4.69, 9.17) is 5.14 Å². The van der Waals surface area contributed by atoms with E-state index in [0.29, 0.717) is 11.3 Å². The lowest BCUT2D eigenvalue weighted by Gasteiger charge is -2.10. The largest absolute Gasteiger partial charge is 0.315 e. The Morgan fingerprint density at radius 2 is 1.81 bits per heavy atom. The molecule has 0 bridgehead atoms. The van der Waals surface area contributed by atoms with Gasteiger partial charge in [-0.1, -0.05) is 23.5 Å². The molecule has 0 saturated carbocycles. The van der Waals surface area contributed by atoms with Crippen LogP contribution in [0.5, 0.6) is 0 Å². The van der Waals surface area contributed by atoms with E-state index in [1.807, 2.05) is 0 Å². The molecule has 114 valence electrons. The van der Waals surface area contributed by atoms with Crippen molar-refractivity contribution >= 4 is 37.1 Å². The van der Waals surface area contributed by atoms with Gasteiger partial charge in [-0.15, -0.1) is 0 Å². The predicted octanol–water partition coefficient (Wildman–Crippen LogP) is 0.193. The zero-order chi connectivity index (χ0) is 15.8. The minimum atomic E-state index is -4.09. The van der Waals surface area contributed by atoms with Crippen molar-refractivity contribution in [3.63, 3.8) is 0 Å². The molecule has 0 atom stereocenters. The van der Waals surface area contributed by atoms with Crippen molar-refractivity contribution < 1.29 is 16.8 Å². The second kappa shape index (κ2) is 5.26. The number of anilines is 1. The molecule has 0 aliphatic heterocycles. The van der Waals surface area contributed by atoms with Crippen LogP contribution in [-0.4, -0.2) is 21.8 Å². The zero-order valence-corrected chi connectivity index (χ0v) is 13.1. The minimum Gasteiger partial charge on any atom is -0.315 e. The Morgan fingerprint density at radius 3 is 2.33 bits per heavy atom. The van der Waals surface area contributed by atoms with Gasteiger partial charge >= 0.3 is 4.87 Å². The van der Waals surface area contributed by atoms with E-state index in [2.05, 4.69) is 9.71 Å². The molecule has 2 rings (SSSR count). The average Bonchev–Trinajstić information content (AvgIpc) is 2.68. The predicted molar refractivity (Wildman–Crippen MR) is 78.3 cm³/mol. The molecule has 1 aromatic carbocycles. The normalized spacial score (nSPS) is 12.3. The summed E-state index contributed by atoms with van der Waals surface area (Å²) >= 11 is 0.512. The van der Waals surface area contributed by atoms with Crippen LogP contribution in [0.3, 0.4) is 0 Å². The first-order valence-corrected chi connectivity index (χ1v) is 9.30. The molecule has 0 spiro atoms. The van der Waals surface area contributed by atoms with E-state index in [1.54, 1.807) is 0 Å². The van der Waals surface area contributed by atoms with Crippen LogP contribution in [0.1, 0.15) is 5.69 Å². The summed E-state index contributed by atoms with van der Waals surface area (Å²) in [7, 11) is -8.17. The maximum absolute atomic E-state index is 12.2. The smallest absolute Gasteiger partial charge is 0.306 e. The highest BCUT2D eigenvalue weighted by Gasteiger charge is 2.23. The number of para-hydroxylation sites is 1. The maximum Gasteiger partial charge on any atom is 0.306 e. The highest BCUT2D eigenvalue weighted by molar-refractivity contribution is 7.94. The van der Waals surface area contributed by atoms with Crippen molar-refractivity contribution in [1.29, 1.82) is 0 Å². The third kappa shape index (κ3) is 3.32. The summed E-state index contributed by atoms with van der Waals surface area (Å²) in [6, 6.07) is 5.32. The fourth-order valence-corrected chi connectivity index (χ4v) is 4.78. The molecule has 0 radical (unpaired) electrons. The lowest BCUT2D eigenvalue weighted by molar-refractivity contribution is 0.598. The standard InChI is InChI=1S/C10H11N3O5S3/c1-6-9(19-10(14)12-6)21(17,18)13-7-4-2-3-5-8(7)20(11,15)16/h2-5,13H,1H3,(H,12,14)(H2,11,15,16). The van der Waals surface area contributed by atoms with E-state index in [0.717, 1.165) is 0 Å². The fourth-order valence-electron chi connectivity index (χ4n) is 1.64. The van der Waals surface area contributed by atoms with Crippen molar-refractivity contribution in [2.45, 2.75) is 16.0 Å². The molecule has 11 heteroatoms. The van der Waals surface area contributed by atoms with Crippen LogP contribution in [0, 0.1) is 6.92 Å². The monoisotopic (exact) mass is 349 g/mol. The molecule has 4 N–H and O–H groups in total. The Bertz CT molecular complexity index is 940. The van der Waals surface area contributed by atoms with Gasteiger partial charge in [-0.2, -0.15) is 0 Å². The van der Waals surface area contributed by atoms with Gasteiger partial charge in [-0.25, -0.2) is 22.0 Å². The summed E-state index contributed by atoms with van der Waals surface area (Å²) in [6.07, 6.45) is 0. The summed E-state index contributed by atoms with van der Waals surface area (Å²) in [5.41, 5.74) is -0.00849. The van der Waals surface area contributed by atoms with Crippen LogP contribution in [0.4, 0.5) is 5.69 Å². The van der Waals surface area contributed by atoms with Gasteiger partial charge in [-0.3, -0.25) is 9.52 Å². The van der Waals surface area contributed by atoms with Gasteiger partial charge in [0.05, 0.1) is 5.69 Å². The van der Waals surface area contributed by atoms with Crippen LogP contribution in [-0.2, 0) is 20.0 Å². The number of rotatable bonds is 4. The Balaban J connectivity index is 2.53. The van der Waals surface area contributed by atoms with Crippen molar-refractivity contribution in [3.8, 4) is 0 Å². The maximum atomic E-state index is 12.2. The third-order valence-corrected chi connectivity index (χ3v) is 6.40. The molecular weight excluding hydrogens is 338 g/mol. The summed E-state index contributed by atoms with van der Waals surface area (Å²) < 4.78 is 49.2. The molecule has 1 aromatic heterocycles. The van der Waals surface area contributed by atoms with Gasteiger partial charge < -0.3 is 4.98 Å². The second-order valence-electron chi connectivity index (χ2n) is 4.07. The highest BCUT2D eigenvalue weighted by Crippen LogP contribution is 2.24. The lowest BCUT2D eigenvalue weighted by atomic mass is 10.3. The van der Waals surface area contributed by atoms with Crippen LogP contribution < -0.4 is 14.7 Å². The Kier molecular flexibility index (Phi) is 3.93. The van der Waals surface area contributed by atoms with Crippen molar-refractivity contribution in [2.75, 3.05) is 4.72 Å². The SMILES string of the molecule is Cc1[nH]c(=O)sc1S(=O)(=O)Nc1ccccc1S(N)(=O)=O. The molecule has 21 heavy (non-hydrogen) atoms. The Labute approximate surface area is 124 Å². The molecule has 0 unspecified atom stereocenters. The van der Waals surface area contributed by atoms with Crippen LogP contribution in [0.15, 0.2) is 38.2 Å². The molecule has 2 aromatic rings. The quantitative estimate of drug-likeness (QED) is 0.723. The fraction of sp³-hybridized carbons (Fsp3) is 0.100. The van der Waals surface area contributed by atoms with Gasteiger partial charge in [0.1, 0.15) is 4.90 Å². The number of H-pyrrole nitrogens is 1. The lowest BCUT2D eigenvalue weighted by Crippen LogP contribution is -2.18. The summed E-state index contributed by atoms with van der Waals surface area (Å²) in [5.74, 6) is 0. The molecule has 1 heterocycles. The molecule has 8 nitrogen and oxygen atoms in total. The van der Waals surface area contributed by atoms with Crippen molar-refractivity contribution in [2.24, 2.45) is 5.14 Å². The number of aromatic nitrogens is 1. The van der Waals surface area contributed by atoms with Crippen LogP contribution in [0.2, 0.25) is 0 Å². The average molecular weight is 349 g/mol. The number of benzene rings is 1. The van der Waals surface area contributed by atoms with Gasteiger partial charge in [0.15, 0.2) is 4.21 Å². The molecule has 0 aliphatic rings. The Morgan fingerprint density at radius 1 is 1.19 bits per heavy atom. The van der Waals surface area contributed by atoms with E-state index in [9.17, 15) is 21.6 Å². The summed E-state index contributed by atoms with van der Waals surface area (Å²) in [6.45, 7) is 1.43.